The number of piperidine rings is 1. The van der Waals surface area contributed by atoms with Crippen molar-refractivity contribution >= 4 is 22.5 Å². The minimum atomic E-state index is -0.619. The molecule has 2 aromatic carbocycles. The van der Waals surface area contributed by atoms with Crippen molar-refractivity contribution in [3.63, 3.8) is 0 Å². The molecule has 2 aliphatic rings. The topological polar surface area (TPSA) is 96.2 Å². The minimum absolute atomic E-state index is 0.0350. The van der Waals surface area contributed by atoms with E-state index in [2.05, 4.69) is 14.8 Å². The first-order valence-corrected chi connectivity index (χ1v) is 13.1. The summed E-state index contributed by atoms with van der Waals surface area (Å²) in [6, 6.07) is 13.1. The van der Waals surface area contributed by atoms with Crippen molar-refractivity contribution in [3.8, 4) is 23.1 Å². The van der Waals surface area contributed by atoms with Crippen LogP contribution in [0.15, 0.2) is 48.7 Å². The van der Waals surface area contributed by atoms with Crippen molar-refractivity contribution in [2.45, 2.75) is 31.4 Å². The van der Waals surface area contributed by atoms with E-state index in [-0.39, 0.29) is 34.8 Å². The number of imidazole rings is 1. The van der Waals surface area contributed by atoms with Gasteiger partial charge in [-0.1, -0.05) is 0 Å². The third kappa shape index (κ3) is 4.58. The molecule has 2 N–H and O–H groups in total. The number of aromatic nitrogens is 3. The van der Waals surface area contributed by atoms with Gasteiger partial charge in [0.2, 0.25) is 0 Å². The number of methoxy groups -OCH3 is 1. The van der Waals surface area contributed by atoms with Crippen LogP contribution >= 0.6 is 0 Å². The Bertz CT molecular complexity index is 1580. The Hall–Kier alpha value is -4.07. The Morgan fingerprint density at radius 1 is 1.00 bits per heavy atom. The molecule has 4 heterocycles. The van der Waals surface area contributed by atoms with E-state index in [1.807, 2.05) is 18.2 Å². The third-order valence-corrected chi connectivity index (χ3v) is 7.68. The van der Waals surface area contributed by atoms with Crippen LogP contribution in [-0.2, 0) is 4.74 Å². The zero-order chi connectivity index (χ0) is 27.1. The van der Waals surface area contributed by atoms with Gasteiger partial charge in [0, 0.05) is 51.2 Å². The second-order valence-corrected chi connectivity index (χ2v) is 10.2. The van der Waals surface area contributed by atoms with Gasteiger partial charge < -0.3 is 20.3 Å². The lowest BCUT2D eigenvalue weighted by molar-refractivity contribution is 0.121. The van der Waals surface area contributed by atoms with Crippen molar-refractivity contribution in [1.29, 1.82) is 5.26 Å². The SMILES string of the molecule is COC1CCN(c2ccc(-n3c(-c4ccc(C#N)cc4F)nc4c(N5CCCC(N)C5)ccnc43)c(F)c2)C1. The number of rotatable bonds is 5. The predicted octanol–water partition coefficient (Wildman–Crippen LogP) is 4.39. The number of nitrogens with zero attached hydrogens (tertiary/aromatic N) is 6. The molecule has 0 amide bonds. The number of nitrogens with two attached hydrogens (primary N) is 1. The molecule has 0 bridgehead atoms. The summed E-state index contributed by atoms with van der Waals surface area (Å²) in [5.74, 6) is -0.887. The van der Waals surface area contributed by atoms with E-state index in [4.69, 9.17) is 15.5 Å². The summed E-state index contributed by atoms with van der Waals surface area (Å²) >= 11 is 0. The molecule has 2 atom stereocenters. The van der Waals surface area contributed by atoms with Crippen molar-refractivity contribution in [2.75, 3.05) is 43.1 Å². The number of fused-ring (bicyclic) bond motifs is 1. The number of hydrogen-bond acceptors (Lipinski definition) is 7. The molecule has 8 nitrogen and oxygen atoms in total. The van der Waals surface area contributed by atoms with Crippen LogP contribution in [-0.4, -0.2) is 60.0 Å². The summed E-state index contributed by atoms with van der Waals surface area (Å²) in [6.45, 7) is 2.93. The van der Waals surface area contributed by atoms with E-state index in [1.54, 1.807) is 23.9 Å². The van der Waals surface area contributed by atoms with Gasteiger partial charge in [0.15, 0.2) is 5.65 Å². The van der Waals surface area contributed by atoms with Crippen molar-refractivity contribution < 1.29 is 13.5 Å². The summed E-state index contributed by atoms with van der Waals surface area (Å²) in [5, 5.41) is 9.23. The lowest BCUT2D eigenvalue weighted by atomic mass is 10.1. The second-order valence-electron chi connectivity index (χ2n) is 10.2. The van der Waals surface area contributed by atoms with Crippen LogP contribution in [0.2, 0.25) is 0 Å². The van der Waals surface area contributed by atoms with Crippen molar-refractivity contribution in [1.82, 2.24) is 14.5 Å². The Kier molecular flexibility index (Phi) is 6.62. The molecule has 0 radical (unpaired) electrons. The zero-order valence-electron chi connectivity index (χ0n) is 21.6. The van der Waals surface area contributed by atoms with E-state index >= 15 is 8.78 Å². The molecule has 0 aliphatic carbocycles. The van der Waals surface area contributed by atoms with Crippen LogP contribution in [0.5, 0.6) is 0 Å². The minimum Gasteiger partial charge on any atom is -0.380 e. The highest BCUT2D eigenvalue weighted by Gasteiger charge is 2.27. The number of anilines is 2. The van der Waals surface area contributed by atoms with Crippen molar-refractivity contribution in [2.24, 2.45) is 5.73 Å². The summed E-state index contributed by atoms with van der Waals surface area (Å²) in [5.41, 5.74) is 9.33. The smallest absolute Gasteiger partial charge is 0.167 e. The normalized spacial score (nSPS) is 19.6. The molecule has 4 aromatic rings. The van der Waals surface area contributed by atoms with Gasteiger partial charge in [-0.3, -0.25) is 4.57 Å². The van der Waals surface area contributed by atoms with Gasteiger partial charge >= 0.3 is 0 Å². The fourth-order valence-electron chi connectivity index (χ4n) is 5.65. The summed E-state index contributed by atoms with van der Waals surface area (Å²) in [4.78, 5) is 13.7. The van der Waals surface area contributed by atoms with Gasteiger partial charge in [0.1, 0.15) is 23.0 Å². The molecule has 6 rings (SSSR count). The monoisotopic (exact) mass is 529 g/mol. The van der Waals surface area contributed by atoms with Crippen molar-refractivity contribution in [3.05, 3.63) is 65.9 Å². The summed E-state index contributed by atoms with van der Waals surface area (Å²) in [7, 11) is 1.69. The highest BCUT2D eigenvalue weighted by atomic mass is 19.1. The van der Waals surface area contributed by atoms with E-state index in [1.165, 1.54) is 18.2 Å². The number of pyridine rings is 1. The molecule has 2 aliphatic heterocycles. The first kappa shape index (κ1) is 25.2. The molecule has 0 saturated carbocycles. The van der Waals surface area contributed by atoms with E-state index < -0.39 is 11.6 Å². The highest BCUT2D eigenvalue weighted by molar-refractivity contribution is 5.91. The van der Waals surface area contributed by atoms with Crippen LogP contribution < -0.4 is 15.5 Å². The van der Waals surface area contributed by atoms with Crippen LogP contribution in [0.3, 0.4) is 0 Å². The Morgan fingerprint density at radius 2 is 1.87 bits per heavy atom. The number of hydrogen-bond donors (Lipinski definition) is 1. The van der Waals surface area contributed by atoms with Gasteiger partial charge in [-0.2, -0.15) is 5.26 Å². The van der Waals surface area contributed by atoms with Crippen LogP contribution in [0.1, 0.15) is 24.8 Å². The largest absolute Gasteiger partial charge is 0.380 e. The second kappa shape index (κ2) is 10.2. The molecule has 0 spiro atoms. The van der Waals surface area contributed by atoms with E-state index in [0.29, 0.717) is 24.3 Å². The molecule has 2 saturated heterocycles. The zero-order valence-corrected chi connectivity index (χ0v) is 21.6. The highest BCUT2D eigenvalue weighted by Crippen LogP contribution is 2.36. The van der Waals surface area contributed by atoms with E-state index in [0.717, 1.165) is 49.8 Å². The molecular formula is C29H29F2N7O. The lowest BCUT2D eigenvalue weighted by Crippen LogP contribution is -2.42. The standard InChI is InChI=1S/C29H29F2N7O/c1-39-21-9-12-36(17-21)20-5-7-25(24(31)14-20)38-28(22-6-4-18(15-32)13-23(22)30)35-27-26(8-10-34-29(27)38)37-11-2-3-19(33)16-37/h4-8,10,13-14,19,21H,2-3,9,11-12,16-17,33H2,1H3. The van der Waals surface area contributed by atoms with Gasteiger partial charge in [-0.05, 0) is 61.7 Å². The average Bonchev–Trinajstić information content (AvgIpc) is 3.58. The lowest BCUT2D eigenvalue weighted by Gasteiger charge is -2.32. The van der Waals surface area contributed by atoms with Gasteiger partial charge in [0.05, 0.1) is 34.7 Å². The molecule has 2 unspecified atom stereocenters. The predicted molar refractivity (Wildman–Crippen MR) is 146 cm³/mol. The summed E-state index contributed by atoms with van der Waals surface area (Å²) < 4.78 is 38.3. The van der Waals surface area contributed by atoms with Gasteiger partial charge in [0.25, 0.3) is 0 Å². The number of halogens is 2. The Labute approximate surface area is 225 Å². The van der Waals surface area contributed by atoms with Crippen LogP contribution in [0, 0.1) is 23.0 Å². The molecule has 2 fully saturated rings. The average molecular weight is 530 g/mol. The number of nitriles is 1. The third-order valence-electron chi connectivity index (χ3n) is 7.68. The Morgan fingerprint density at radius 3 is 2.59 bits per heavy atom. The molecular weight excluding hydrogens is 500 g/mol. The molecule has 200 valence electrons. The molecule has 10 heteroatoms. The molecule has 2 aromatic heterocycles. The fourth-order valence-corrected chi connectivity index (χ4v) is 5.65. The van der Waals surface area contributed by atoms with Gasteiger partial charge in [-0.15, -0.1) is 0 Å². The maximum atomic E-state index is 15.9. The quantitative estimate of drug-likeness (QED) is 0.410. The summed E-state index contributed by atoms with van der Waals surface area (Å²) in [6.07, 6.45) is 4.54. The number of ether oxygens (including phenoxy) is 1. The first-order chi connectivity index (χ1) is 19.0. The van der Waals surface area contributed by atoms with E-state index in [9.17, 15) is 5.26 Å². The molecule has 39 heavy (non-hydrogen) atoms. The first-order valence-electron chi connectivity index (χ1n) is 13.1. The Balaban J connectivity index is 1.52. The fraction of sp³-hybridized carbons (Fsp3) is 0.345. The van der Waals surface area contributed by atoms with Crippen LogP contribution in [0.25, 0.3) is 28.2 Å². The maximum absolute atomic E-state index is 15.9. The maximum Gasteiger partial charge on any atom is 0.167 e. The van der Waals surface area contributed by atoms with Crippen LogP contribution in [0.4, 0.5) is 20.2 Å². The number of benzene rings is 2. The van der Waals surface area contributed by atoms with Gasteiger partial charge in [-0.25, -0.2) is 18.7 Å².